The van der Waals surface area contributed by atoms with Gasteiger partial charge in [0.1, 0.15) is 5.70 Å². The maximum Gasteiger partial charge on any atom is 0.105 e. The van der Waals surface area contributed by atoms with Gasteiger partial charge in [-0.25, -0.2) is 0 Å². The molecule has 0 radical (unpaired) electrons. The van der Waals surface area contributed by atoms with Crippen LogP contribution in [0, 0.1) is 5.92 Å². The predicted octanol–water partition coefficient (Wildman–Crippen LogP) is 7.97. The zero-order valence-corrected chi connectivity index (χ0v) is 19.2. The Morgan fingerprint density at radius 3 is 2.30 bits per heavy atom. The summed E-state index contributed by atoms with van der Waals surface area (Å²) in [5.74, 6) is 0.679. The van der Waals surface area contributed by atoms with E-state index in [9.17, 15) is 0 Å². The zero-order chi connectivity index (χ0) is 20.3. The minimum Gasteiger partial charge on any atom is -0.297 e. The molecule has 1 aliphatic carbocycles. The molecule has 1 rings (SSSR count). The highest BCUT2D eigenvalue weighted by Gasteiger charge is 2.31. The lowest BCUT2D eigenvalue weighted by atomic mass is 9.85. The Labute approximate surface area is 170 Å². The highest BCUT2D eigenvalue weighted by Crippen LogP contribution is 2.34. The van der Waals surface area contributed by atoms with Crippen LogP contribution < -0.4 is 0 Å². The molecule has 154 valence electrons. The van der Waals surface area contributed by atoms with E-state index in [1.807, 2.05) is 0 Å². The van der Waals surface area contributed by atoms with E-state index >= 15 is 0 Å². The molecule has 0 saturated carbocycles. The normalized spacial score (nSPS) is 18.2. The van der Waals surface area contributed by atoms with Gasteiger partial charge in [-0.1, -0.05) is 48.8 Å². The molecule has 0 aromatic carbocycles. The number of hydrogen-bond acceptors (Lipinski definition) is 0. The zero-order valence-electron chi connectivity index (χ0n) is 19.2. The summed E-state index contributed by atoms with van der Waals surface area (Å²) in [5, 5.41) is 0. The van der Waals surface area contributed by atoms with Crippen LogP contribution >= 0.6 is 0 Å². The lowest BCUT2D eigenvalue weighted by Gasteiger charge is -2.39. The molecule has 0 N–H and O–H groups in total. The second-order valence-electron chi connectivity index (χ2n) is 9.08. The topological polar surface area (TPSA) is 0 Å². The first kappa shape index (κ1) is 24.0. The van der Waals surface area contributed by atoms with Gasteiger partial charge in [-0.05, 0) is 85.1 Å². The molecule has 0 aromatic rings. The maximum absolute atomic E-state index is 4.57. The largest absolute Gasteiger partial charge is 0.297 e. The van der Waals surface area contributed by atoms with E-state index in [4.69, 9.17) is 0 Å². The lowest BCUT2D eigenvalue weighted by molar-refractivity contribution is -0.876. The molecular formula is C26H46N+. The molecule has 0 saturated heterocycles. The summed E-state index contributed by atoms with van der Waals surface area (Å²) in [7, 11) is 2.40. The summed E-state index contributed by atoms with van der Waals surface area (Å²) >= 11 is 0. The first-order chi connectivity index (χ1) is 12.8. The third kappa shape index (κ3) is 8.64. The molecule has 1 aliphatic rings. The fourth-order valence-electron chi connectivity index (χ4n) is 4.44. The Kier molecular flexibility index (Phi) is 11.0. The van der Waals surface area contributed by atoms with Crippen LogP contribution in [0.15, 0.2) is 47.2 Å². The number of allylic oxidation sites excluding steroid dienone is 7. The van der Waals surface area contributed by atoms with Crippen molar-refractivity contribution in [3.63, 3.8) is 0 Å². The summed E-state index contributed by atoms with van der Waals surface area (Å²) in [6.45, 7) is 18.3. The number of nitrogens with zero attached hydrogens (tertiary/aromatic N) is 1. The van der Waals surface area contributed by atoms with Gasteiger partial charge in [0.2, 0.25) is 0 Å². The van der Waals surface area contributed by atoms with E-state index in [1.165, 1.54) is 82.1 Å². The summed E-state index contributed by atoms with van der Waals surface area (Å²) in [6, 6.07) is 0. The highest BCUT2D eigenvalue weighted by molar-refractivity contribution is 5.12. The van der Waals surface area contributed by atoms with E-state index in [1.54, 1.807) is 11.1 Å². The second-order valence-corrected chi connectivity index (χ2v) is 9.08. The Bertz CT molecular complexity index is 537. The Balaban J connectivity index is 2.48. The molecule has 0 bridgehead atoms. The average molecular weight is 373 g/mol. The van der Waals surface area contributed by atoms with Gasteiger partial charge in [-0.3, -0.25) is 4.48 Å². The van der Waals surface area contributed by atoms with Crippen molar-refractivity contribution in [2.24, 2.45) is 5.92 Å². The van der Waals surface area contributed by atoms with Crippen LogP contribution in [0.2, 0.25) is 0 Å². The first-order valence-electron chi connectivity index (χ1n) is 11.3. The van der Waals surface area contributed by atoms with Gasteiger partial charge in [-0.2, -0.15) is 0 Å². The Morgan fingerprint density at radius 1 is 1.11 bits per heavy atom. The van der Waals surface area contributed by atoms with Gasteiger partial charge >= 0.3 is 0 Å². The molecule has 0 amide bonds. The molecule has 1 nitrogen and oxygen atoms in total. The summed E-state index contributed by atoms with van der Waals surface area (Å²) in [5.41, 5.74) is 6.12. The first-order valence-corrected chi connectivity index (χ1v) is 11.3. The van der Waals surface area contributed by atoms with Crippen molar-refractivity contribution in [2.75, 3.05) is 20.1 Å². The van der Waals surface area contributed by atoms with Crippen molar-refractivity contribution in [3.05, 3.63) is 47.2 Å². The molecule has 0 spiro atoms. The van der Waals surface area contributed by atoms with Crippen molar-refractivity contribution < 1.29 is 4.48 Å². The van der Waals surface area contributed by atoms with E-state index in [-0.39, 0.29) is 0 Å². The predicted molar refractivity (Wildman–Crippen MR) is 123 cm³/mol. The van der Waals surface area contributed by atoms with Gasteiger partial charge in [0.25, 0.3) is 0 Å². The Morgan fingerprint density at radius 2 is 1.78 bits per heavy atom. The third-order valence-electron chi connectivity index (χ3n) is 6.15. The SMILES string of the molecule is C=C(C1CC=C(CC/C=C(\C)CCC=C(C)C)CC1)[N+](C)(CCC)CCC. The van der Waals surface area contributed by atoms with Crippen LogP contribution in [-0.4, -0.2) is 24.6 Å². The quantitative estimate of drug-likeness (QED) is 0.241. The van der Waals surface area contributed by atoms with Gasteiger partial charge in [0, 0.05) is 5.92 Å². The molecule has 1 unspecified atom stereocenters. The summed E-state index contributed by atoms with van der Waals surface area (Å²) < 4.78 is 1.08. The van der Waals surface area contributed by atoms with Gasteiger partial charge in [-0.15, -0.1) is 0 Å². The van der Waals surface area contributed by atoms with Crippen LogP contribution in [0.1, 0.15) is 92.4 Å². The minimum atomic E-state index is 0.679. The number of rotatable bonds is 12. The standard InChI is InChI=1S/C26H46N/c1-8-20-27(7,21-9-2)24(6)26-18-16-25(17-19-26)15-11-14-23(5)13-10-12-22(3)4/h12,14,16,26H,6,8-11,13,15,17-21H2,1-5,7H3/q+1/b23-14+. The summed E-state index contributed by atoms with van der Waals surface area (Å²) in [4.78, 5) is 0. The fraction of sp³-hybridized carbons (Fsp3) is 0.692. The molecule has 0 aromatic heterocycles. The highest BCUT2D eigenvalue weighted by atomic mass is 15.3. The van der Waals surface area contributed by atoms with Crippen LogP contribution in [0.25, 0.3) is 0 Å². The van der Waals surface area contributed by atoms with Crippen molar-refractivity contribution in [2.45, 2.75) is 92.4 Å². The van der Waals surface area contributed by atoms with Crippen molar-refractivity contribution >= 4 is 0 Å². The fourth-order valence-corrected chi connectivity index (χ4v) is 4.44. The maximum atomic E-state index is 4.57. The molecular weight excluding hydrogens is 326 g/mol. The van der Waals surface area contributed by atoms with Gasteiger partial charge in [0.05, 0.1) is 20.1 Å². The van der Waals surface area contributed by atoms with E-state index < -0.39 is 0 Å². The van der Waals surface area contributed by atoms with Gasteiger partial charge < -0.3 is 0 Å². The monoisotopic (exact) mass is 372 g/mol. The smallest absolute Gasteiger partial charge is 0.105 e. The van der Waals surface area contributed by atoms with Gasteiger partial charge in [0.15, 0.2) is 0 Å². The molecule has 1 atom stereocenters. The molecule has 1 heteroatoms. The minimum absolute atomic E-state index is 0.679. The second kappa shape index (κ2) is 12.4. The number of hydrogen-bond donors (Lipinski definition) is 0. The van der Waals surface area contributed by atoms with Crippen molar-refractivity contribution in [1.29, 1.82) is 0 Å². The van der Waals surface area contributed by atoms with Crippen molar-refractivity contribution in [3.8, 4) is 0 Å². The number of quaternary nitrogens is 1. The van der Waals surface area contributed by atoms with Crippen LogP contribution in [0.4, 0.5) is 0 Å². The van der Waals surface area contributed by atoms with Crippen molar-refractivity contribution in [1.82, 2.24) is 0 Å². The summed E-state index contributed by atoms with van der Waals surface area (Å²) in [6.07, 6.45) is 18.4. The molecule has 0 fully saturated rings. The van der Waals surface area contributed by atoms with Crippen LogP contribution in [-0.2, 0) is 0 Å². The van der Waals surface area contributed by atoms with E-state index in [2.05, 4.69) is 66.5 Å². The van der Waals surface area contributed by atoms with E-state index in [0.717, 1.165) is 4.48 Å². The van der Waals surface area contributed by atoms with Crippen LogP contribution in [0.5, 0.6) is 0 Å². The molecule has 0 aliphatic heterocycles. The Hall–Kier alpha value is -1.08. The molecule has 27 heavy (non-hydrogen) atoms. The lowest BCUT2D eigenvalue weighted by Crippen LogP contribution is -2.46. The average Bonchev–Trinajstić information content (AvgIpc) is 2.62. The third-order valence-corrected chi connectivity index (χ3v) is 6.15. The van der Waals surface area contributed by atoms with E-state index in [0.29, 0.717) is 5.92 Å². The molecule has 0 heterocycles. The van der Waals surface area contributed by atoms with Crippen LogP contribution in [0.3, 0.4) is 0 Å².